The van der Waals surface area contributed by atoms with Crippen LogP contribution in [-0.4, -0.2) is 20.8 Å². The number of nitrogens with zero attached hydrogens (tertiary/aromatic N) is 3. The Hall–Kier alpha value is -4.79. The molecule has 1 amide bonds. The number of nitrogens with one attached hydrogen (secondary N) is 2. The molecule has 2 heterocycles. The highest BCUT2D eigenvalue weighted by molar-refractivity contribution is 5.94. The van der Waals surface area contributed by atoms with Crippen molar-refractivity contribution in [2.24, 2.45) is 5.10 Å². The zero-order valence-corrected chi connectivity index (χ0v) is 16.5. The van der Waals surface area contributed by atoms with E-state index in [1.807, 2.05) is 48.5 Å². The third kappa shape index (κ3) is 3.58. The SMILES string of the molecule is O=C(N/N=c1\oc2ccccc2cc1-c1nc2ccccc2[nH]1)c1ccc([N+](=O)[O-])cc1. The second-order valence-electron chi connectivity index (χ2n) is 6.96. The maximum atomic E-state index is 12.5. The van der Waals surface area contributed by atoms with Gasteiger partial charge in [-0.3, -0.25) is 14.9 Å². The van der Waals surface area contributed by atoms with Crippen molar-refractivity contribution in [1.29, 1.82) is 0 Å². The molecule has 0 aliphatic heterocycles. The zero-order chi connectivity index (χ0) is 22.1. The van der Waals surface area contributed by atoms with Crippen molar-refractivity contribution in [2.75, 3.05) is 0 Å². The number of amides is 1. The zero-order valence-electron chi connectivity index (χ0n) is 16.5. The summed E-state index contributed by atoms with van der Waals surface area (Å²) in [5.41, 5.74) is 5.56. The lowest BCUT2D eigenvalue weighted by Crippen LogP contribution is -2.22. The Labute approximate surface area is 180 Å². The van der Waals surface area contributed by atoms with Crippen LogP contribution in [-0.2, 0) is 0 Å². The average Bonchev–Trinajstić information content (AvgIpc) is 3.26. The standard InChI is InChI=1S/C23H15N5O4/c29-22(14-9-11-16(12-10-14)28(30)31)26-27-23-17(13-15-5-1-4-8-20(15)32-23)21-24-18-6-2-3-7-19(18)25-21/h1-13H,(H,24,25)(H,26,29)/b27-23-. The van der Waals surface area contributed by atoms with Crippen LogP contribution in [0.15, 0.2) is 88.4 Å². The van der Waals surface area contributed by atoms with Gasteiger partial charge in [-0.05, 0) is 36.4 Å². The Morgan fingerprint density at radius 3 is 2.56 bits per heavy atom. The molecule has 156 valence electrons. The van der Waals surface area contributed by atoms with Crippen LogP contribution in [0.3, 0.4) is 0 Å². The molecular formula is C23H15N5O4. The van der Waals surface area contributed by atoms with Gasteiger partial charge < -0.3 is 9.40 Å². The number of non-ortho nitro benzene ring substituents is 1. The minimum absolute atomic E-state index is 0.102. The summed E-state index contributed by atoms with van der Waals surface area (Å²) in [7, 11) is 0. The summed E-state index contributed by atoms with van der Waals surface area (Å²) >= 11 is 0. The van der Waals surface area contributed by atoms with Crippen LogP contribution in [0.25, 0.3) is 33.4 Å². The van der Waals surface area contributed by atoms with E-state index in [1.54, 1.807) is 6.07 Å². The first-order valence-corrected chi connectivity index (χ1v) is 9.65. The number of benzene rings is 3. The summed E-state index contributed by atoms with van der Waals surface area (Å²) in [6.45, 7) is 0. The number of para-hydroxylation sites is 3. The predicted molar refractivity (Wildman–Crippen MR) is 117 cm³/mol. The summed E-state index contributed by atoms with van der Waals surface area (Å²) in [5, 5.41) is 15.8. The number of aromatic amines is 1. The van der Waals surface area contributed by atoms with Crippen molar-refractivity contribution in [3.05, 3.63) is 100 Å². The van der Waals surface area contributed by atoms with E-state index in [0.29, 0.717) is 17.0 Å². The lowest BCUT2D eigenvalue weighted by molar-refractivity contribution is -0.384. The number of carbonyl (C=O) groups excluding carboxylic acids is 1. The van der Waals surface area contributed by atoms with E-state index in [9.17, 15) is 14.9 Å². The summed E-state index contributed by atoms with van der Waals surface area (Å²) in [6.07, 6.45) is 0. The van der Waals surface area contributed by atoms with Gasteiger partial charge in [-0.25, -0.2) is 10.4 Å². The first-order valence-electron chi connectivity index (χ1n) is 9.65. The number of H-pyrrole nitrogens is 1. The monoisotopic (exact) mass is 425 g/mol. The molecule has 32 heavy (non-hydrogen) atoms. The number of hydrogen-bond acceptors (Lipinski definition) is 6. The minimum Gasteiger partial charge on any atom is -0.436 e. The molecule has 0 radical (unpaired) electrons. The Bertz CT molecular complexity index is 1520. The highest BCUT2D eigenvalue weighted by Crippen LogP contribution is 2.21. The molecule has 2 aromatic heterocycles. The molecule has 3 aromatic carbocycles. The first kappa shape index (κ1) is 19.2. The molecule has 0 spiro atoms. The van der Waals surface area contributed by atoms with Crippen LogP contribution in [0.1, 0.15) is 10.4 Å². The quantitative estimate of drug-likeness (QED) is 0.331. The molecule has 2 N–H and O–H groups in total. The second kappa shape index (κ2) is 7.80. The third-order valence-electron chi connectivity index (χ3n) is 4.90. The first-order chi connectivity index (χ1) is 15.6. The summed E-state index contributed by atoms with van der Waals surface area (Å²) in [4.78, 5) is 30.6. The van der Waals surface area contributed by atoms with Gasteiger partial charge in [-0.15, -0.1) is 5.10 Å². The molecular weight excluding hydrogens is 410 g/mol. The van der Waals surface area contributed by atoms with Crippen LogP contribution < -0.4 is 11.0 Å². The van der Waals surface area contributed by atoms with E-state index in [0.717, 1.165) is 16.4 Å². The number of nitro benzene ring substituents is 1. The molecule has 0 saturated heterocycles. The van der Waals surface area contributed by atoms with E-state index < -0.39 is 10.8 Å². The van der Waals surface area contributed by atoms with Crippen molar-refractivity contribution in [1.82, 2.24) is 15.4 Å². The number of fused-ring (bicyclic) bond motifs is 2. The van der Waals surface area contributed by atoms with Gasteiger partial charge in [0.2, 0.25) is 5.55 Å². The molecule has 0 atom stereocenters. The normalized spacial score (nSPS) is 11.7. The number of rotatable bonds is 4. The molecule has 5 rings (SSSR count). The Morgan fingerprint density at radius 2 is 1.78 bits per heavy atom. The van der Waals surface area contributed by atoms with Crippen molar-refractivity contribution < 1.29 is 14.1 Å². The van der Waals surface area contributed by atoms with Crippen molar-refractivity contribution >= 4 is 33.6 Å². The minimum atomic E-state index is -0.529. The van der Waals surface area contributed by atoms with Gasteiger partial charge in [0.15, 0.2) is 0 Å². The van der Waals surface area contributed by atoms with Gasteiger partial charge in [-0.1, -0.05) is 30.3 Å². The predicted octanol–water partition coefficient (Wildman–Crippen LogP) is 4.13. The number of imidazole rings is 1. The molecule has 0 bridgehead atoms. The van der Waals surface area contributed by atoms with Crippen LogP contribution in [0.2, 0.25) is 0 Å². The molecule has 9 heteroatoms. The molecule has 0 saturated carbocycles. The van der Waals surface area contributed by atoms with Crippen LogP contribution >= 0.6 is 0 Å². The number of nitro groups is 1. The Balaban J connectivity index is 1.57. The number of aromatic nitrogens is 2. The van der Waals surface area contributed by atoms with E-state index in [-0.39, 0.29) is 16.8 Å². The lowest BCUT2D eigenvalue weighted by atomic mass is 10.2. The fraction of sp³-hybridized carbons (Fsp3) is 0. The van der Waals surface area contributed by atoms with E-state index in [2.05, 4.69) is 20.5 Å². The Morgan fingerprint density at radius 1 is 1.03 bits per heavy atom. The van der Waals surface area contributed by atoms with Gasteiger partial charge in [0.25, 0.3) is 11.6 Å². The topological polar surface area (TPSA) is 126 Å². The van der Waals surface area contributed by atoms with E-state index in [1.165, 1.54) is 24.3 Å². The van der Waals surface area contributed by atoms with Gasteiger partial charge in [-0.2, -0.15) is 0 Å². The molecule has 0 fully saturated rings. The van der Waals surface area contributed by atoms with Gasteiger partial charge in [0, 0.05) is 23.1 Å². The smallest absolute Gasteiger partial charge is 0.271 e. The average molecular weight is 425 g/mol. The van der Waals surface area contributed by atoms with Crippen molar-refractivity contribution in [3.63, 3.8) is 0 Å². The van der Waals surface area contributed by atoms with Gasteiger partial charge in [0.05, 0.1) is 21.5 Å². The van der Waals surface area contributed by atoms with Gasteiger partial charge in [0.1, 0.15) is 11.4 Å². The molecule has 0 aliphatic carbocycles. The van der Waals surface area contributed by atoms with Crippen LogP contribution in [0, 0.1) is 10.1 Å². The van der Waals surface area contributed by atoms with Crippen molar-refractivity contribution in [2.45, 2.75) is 0 Å². The van der Waals surface area contributed by atoms with E-state index >= 15 is 0 Å². The fourth-order valence-electron chi connectivity index (χ4n) is 3.30. The van der Waals surface area contributed by atoms with E-state index in [4.69, 9.17) is 4.42 Å². The summed E-state index contributed by atoms with van der Waals surface area (Å²) in [6, 6.07) is 22.2. The van der Waals surface area contributed by atoms with Crippen LogP contribution in [0.5, 0.6) is 0 Å². The molecule has 0 unspecified atom stereocenters. The third-order valence-corrected chi connectivity index (χ3v) is 4.90. The number of carbonyl (C=O) groups is 1. The Kier molecular flexibility index (Phi) is 4.68. The maximum absolute atomic E-state index is 12.5. The van der Waals surface area contributed by atoms with Gasteiger partial charge >= 0.3 is 0 Å². The second-order valence-corrected chi connectivity index (χ2v) is 6.96. The molecule has 5 aromatic rings. The summed E-state index contributed by atoms with van der Waals surface area (Å²) < 4.78 is 5.95. The number of hydrogen-bond donors (Lipinski definition) is 2. The highest BCUT2D eigenvalue weighted by atomic mass is 16.6. The fourth-order valence-corrected chi connectivity index (χ4v) is 3.30. The highest BCUT2D eigenvalue weighted by Gasteiger charge is 2.13. The molecule has 9 nitrogen and oxygen atoms in total. The lowest BCUT2D eigenvalue weighted by Gasteiger charge is -2.03. The van der Waals surface area contributed by atoms with Crippen molar-refractivity contribution in [3.8, 4) is 11.4 Å². The maximum Gasteiger partial charge on any atom is 0.271 e. The van der Waals surface area contributed by atoms with Crippen LogP contribution in [0.4, 0.5) is 5.69 Å². The largest absolute Gasteiger partial charge is 0.436 e. The summed E-state index contributed by atoms with van der Waals surface area (Å²) in [5.74, 6) is 0.0165. The molecule has 0 aliphatic rings.